The number of aliphatic carboxylic acids is 1. The molecule has 0 aliphatic heterocycles. The van der Waals surface area contributed by atoms with Crippen LogP contribution in [0, 0.1) is 0 Å². The minimum absolute atomic E-state index is 0.00532. The molecule has 0 atom stereocenters. The van der Waals surface area contributed by atoms with Gasteiger partial charge in [0, 0.05) is 19.5 Å². The van der Waals surface area contributed by atoms with Crippen molar-refractivity contribution < 1.29 is 14.7 Å². The summed E-state index contributed by atoms with van der Waals surface area (Å²) in [6.45, 7) is 3.01. The molecule has 1 aromatic heterocycles. The first-order valence-electron chi connectivity index (χ1n) is 8.71. The monoisotopic (exact) mass is 347 g/mol. The number of benzene rings is 1. The van der Waals surface area contributed by atoms with E-state index in [4.69, 9.17) is 5.11 Å². The molecule has 136 valence electrons. The van der Waals surface area contributed by atoms with Gasteiger partial charge in [0.1, 0.15) is 6.54 Å². The van der Waals surface area contributed by atoms with Crippen LogP contribution in [0.3, 0.4) is 0 Å². The molecular weight excluding hydrogens is 322 g/mol. The van der Waals surface area contributed by atoms with Gasteiger partial charge in [0.15, 0.2) is 0 Å². The number of rotatable bonds is 10. The number of carbonyl (C=O) groups excluding carboxylic acids is 1. The fourth-order valence-corrected chi connectivity index (χ4v) is 2.91. The summed E-state index contributed by atoms with van der Waals surface area (Å²) >= 11 is 0. The largest absolute Gasteiger partial charge is 0.481 e. The highest BCUT2D eigenvalue weighted by Gasteiger charge is 2.13. The summed E-state index contributed by atoms with van der Waals surface area (Å²) in [5.41, 5.74) is 1.42. The third-order valence-corrected chi connectivity index (χ3v) is 4.18. The highest BCUT2D eigenvalue weighted by Crippen LogP contribution is 2.12. The summed E-state index contributed by atoms with van der Waals surface area (Å²) in [6, 6.07) is 7.46. The van der Waals surface area contributed by atoms with Crippen LogP contribution in [-0.4, -0.2) is 32.7 Å². The lowest BCUT2D eigenvalue weighted by molar-refractivity contribution is -0.137. The molecule has 25 heavy (non-hydrogen) atoms. The minimum atomic E-state index is -0.773. The number of aromatic nitrogens is 2. The van der Waals surface area contributed by atoms with Crippen molar-refractivity contribution in [3.63, 3.8) is 0 Å². The molecule has 0 aliphatic carbocycles. The molecule has 0 bridgehead atoms. The highest BCUT2D eigenvalue weighted by molar-refractivity contribution is 5.80. The Hall–Kier alpha value is -2.57. The van der Waals surface area contributed by atoms with Gasteiger partial charge in [-0.25, -0.2) is 4.79 Å². The van der Waals surface area contributed by atoms with E-state index in [1.54, 1.807) is 4.57 Å². The molecular formula is C18H25N3O4. The van der Waals surface area contributed by atoms with Gasteiger partial charge in [-0.15, -0.1) is 0 Å². The fraction of sp³-hybridized carbons (Fsp3) is 0.500. The summed E-state index contributed by atoms with van der Waals surface area (Å²) in [4.78, 5) is 35.0. The lowest BCUT2D eigenvalue weighted by atomic mass is 10.1. The Labute approximate surface area is 146 Å². The van der Waals surface area contributed by atoms with Crippen molar-refractivity contribution in [1.29, 1.82) is 0 Å². The Balaban J connectivity index is 1.85. The maximum Gasteiger partial charge on any atom is 0.329 e. The summed E-state index contributed by atoms with van der Waals surface area (Å²) in [5.74, 6) is -0.961. The van der Waals surface area contributed by atoms with E-state index < -0.39 is 5.97 Å². The summed E-state index contributed by atoms with van der Waals surface area (Å²) in [6.07, 6.45) is 3.37. The van der Waals surface area contributed by atoms with Crippen molar-refractivity contribution in [2.24, 2.45) is 0 Å². The second-order valence-corrected chi connectivity index (χ2v) is 6.01. The second-order valence-electron chi connectivity index (χ2n) is 6.01. The van der Waals surface area contributed by atoms with E-state index in [-0.39, 0.29) is 24.6 Å². The lowest BCUT2D eigenvalue weighted by Gasteiger charge is -2.06. The van der Waals surface area contributed by atoms with Gasteiger partial charge in [0.05, 0.1) is 11.0 Å². The third kappa shape index (κ3) is 4.95. The van der Waals surface area contributed by atoms with Gasteiger partial charge in [-0.3, -0.25) is 18.7 Å². The third-order valence-electron chi connectivity index (χ3n) is 4.18. The van der Waals surface area contributed by atoms with Gasteiger partial charge in [0.25, 0.3) is 0 Å². The van der Waals surface area contributed by atoms with Gasteiger partial charge in [-0.1, -0.05) is 25.0 Å². The fourth-order valence-electron chi connectivity index (χ4n) is 2.91. The van der Waals surface area contributed by atoms with Crippen LogP contribution < -0.4 is 11.0 Å². The zero-order valence-corrected chi connectivity index (χ0v) is 14.5. The summed E-state index contributed by atoms with van der Waals surface area (Å²) in [7, 11) is 0. The number of nitrogens with one attached hydrogen (secondary N) is 1. The number of aryl methyl sites for hydroxylation is 1. The lowest BCUT2D eigenvalue weighted by Crippen LogP contribution is -2.33. The smallest absolute Gasteiger partial charge is 0.329 e. The minimum Gasteiger partial charge on any atom is -0.481 e. The quantitative estimate of drug-likeness (QED) is 0.643. The Morgan fingerprint density at radius 1 is 1.04 bits per heavy atom. The summed E-state index contributed by atoms with van der Waals surface area (Å²) in [5, 5.41) is 11.4. The number of imidazole rings is 1. The van der Waals surface area contributed by atoms with Crippen LogP contribution in [-0.2, 0) is 22.7 Å². The van der Waals surface area contributed by atoms with E-state index in [9.17, 15) is 14.4 Å². The molecule has 0 fully saturated rings. The van der Waals surface area contributed by atoms with Crippen LogP contribution in [0.5, 0.6) is 0 Å². The molecule has 0 unspecified atom stereocenters. The maximum atomic E-state index is 12.5. The second kappa shape index (κ2) is 9.05. The predicted molar refractivity (Wildman–Crippen MR) is 95.6 cm³/mol. The van der Waals surface area contributed by atoms with Crippen molar-refractivity contribution in [3.05, 3.63) is 34.7 Å². The number of carboxylic acids is 1. The Kier molecular flexibility index (Phi) is 6.80. The van der Waals surface area contributed by atoms with Crippen molar-refractivity contribution in [2.45, 2.75) is 52.1 Å². The first kappa shape index (κ1) is 18.8. The molecule has 7 heteroatoms. The van der Waals surface area contributed by atoms with Gasteiger partial charge in [0.2, 0.25) is 5.91 Å². The van der Waals surface area contributed by atoms with E-state index in [2.05, 4.69) is 5.32 Å². The number of carbonyl (C=O) groups is 2. The van der Waals surface area contributed by atoms with Crippen LogP contribution in [0.25, 0.3) is 11.0 Å². The van der Waals surface area contributed by atoms with Crippen LogP contribution in [0.1, 0.15) is 39.0 Å². The molecule has 1 aromatic carbocycles. The van der Waals surface area contributed by atoms with Gasteiger partial charge < -0.3 is 10.4 Å². The topological polar surface area (TPSA) is 93.3 Å². The molecule has 0 saturated heterocycles. The number of fused-ring (bicyclic) bond motifs is 1. The molecule has 2 aromatic rings. The molecule has 0 radical (unpaired) electrons. The Bertz CT molecular complexity index is 791. The first-order valence-corrected chi connectivity index (χ1v) is 8.71. The highest BCUT2D eigenvalue weighted by atomic mass is 16.4. The number of hydrogen-bond acceptors (Lipinski definition) is 3. The zero-order chi connectivity index (χ0) is 18.2. The van der Waals surface area contributed by atoms with Crippen molar-refractivity contribution in [3.8, 4) is 0 Å². The molecule has 0 aliphatic rings. The summed E-state index contributed by atoms with van der Waals surface area (Å²) < 4.78 is 3.16. The van der Waals surface area contributed by atoms with Crippen LogP contribution in [0.15, 0.2) is 29.1 Å². The normalized spacial score (nSPS) is 10.9. The standard InChI is InChI=1S/C18H25N3O4/c1-2-20-14-9-6-7-10-15(14)21(18(20)25)13-16(22)19-12-8-4-3-5-11-17(23)24/h6-7,9-10H,2-5,8,11-13H2,1H3,(H,19,22)(H,23,24). The number of unbranched alkanes of at least 4 members (excludes halogenated alkanes) is 3. The first-order chi connectivity index (χ1) is 12.0. The number of amides is 1. The SMILES string of the molecule is CCn1c(=O)n(CC(=O)NCCCCCCC(=O)O)c2ccccc21. The van der Waals surface area contributed by atoms with Crippen molar-refractivity contribution >= 4 is 22.9 Å². The van der Waals surface area contributed by atoms with Gasteiger partial charge >= 0.3 is 11.7 Å². The van der Waals surface area contributed by atoms with Gasteiger partial charge in [-0.05, 0) is 31.9 Å². The van der Waals surface area contributed by atoms with Gasteiger partial charge in [-0.2, -0.15) is 0 Å². The van der Waals surface area contributed by atoms with Crippen molar-refractivity contribution in [2.75, 3.05) is 6.54 Å². The number of para-hydroxylation sites is 2. The van der Waals surface area contributed by atoms with Crippen LogP contribution >= 0.6 is 0 Å². The average molecular weight is 347 g/mol. The number of hydrogen-bond donors (Lipinski definition) is 2. The van der Waals surface area contributed by atoms with E-state index in [0.29, 0.717) is 19.5 Å². The van der Waals surface area contributed by atoms with Crippen molar-refractivity contribution in [1.82, 2.24) is 14.5 Å². The number of carboxylic acid groups (broad SMARTS) is 1. The maximum absolute atomic E-state index is 12.5. The molecule has 0 spiro atoms. The molecule has 1 amide bonds. The van der Waals surface area contributed by atoms with E-state index in [1.807, 2.05) is 31.2 Å². The molecule has 7 nitrogen and oxygen atoms in total. The predicted octanol–water partition coefficient (Wildman–Crippen LogP) is 1.97. The van der Waals surface area contributed by atoms with Crippen LogP contribution in [0.2, 0.25) is 0 Å². The molecule has 2 rings (SSSR count). The van der Waals surface area contributed by atoms with E-state index >= 15 is 0 Å². The Morgan fingerprint density at radius 3 is 2.32 bits per heavy atom. The molecule has 0 saturated carbocycles. The molecule has 2 N–H and O–H groups in total. The van der Waals surface area contributed by atoms with E-state index in [0.717, 1.165) is 30.3 Å². The molecule has 1 heterocycles. The zero-order valence-electron chi connectivity index (χ0n) is 14.5. The Morgan fingerprint density at radius 2 is 1.68 bits per heavy atom. The van der Waals surface area contributed by atoms with Crippen LogP contribution in [0.4, 0.5) is 0 Å². The number of nitrogens with zero attached hydrogens (tertiary/aromatic N) is 2. The average Bonchev–Trinajstić information content (AvgIpc) is 2.85. The van der Waals surface area contributed by atoms with E-state index in [1.165, 1.54) is 4.57 Å².